The number of sulfonamides is 1. The van der Waals surface area contributed by atoms with Gasteiger partial charge in [-0.05, 0) is 55.3 Å². The first-order chi connectivity index (χ1) is 11.5. The minimum absolute atomic E-state index is 0.288. The van der Waals surface area contributed by atoms with Crippen LogP contribution >= 0.6 is 0 Å². The van der Waals surface area contributed by atoms with E-state index in [1.54, 1.807) is 30.3 Å². The van der Waals surface area contributed by atoms with Crippen molar-refractivity contribution in [2.45, 2.75) is 31.6 Å². The molecular weight excluding hydrogens is 320 g/mol. The number of aromatic nitrogens is 1. The van der Waals surface area contributed by atoms with Crippen LogP contribution < -0.4 is 4.72 Å². The van der Waals surface area contributed by atoms with Crippen molar-refractivity contribution in [2.75, 3.05) is 4.72 Å². The number of rotatable bonds is 5. The van der Waals surface area contributed by atoms with E-state index in [0.29, 0.717) is 5.69 Å². The number of anilines is 1. The molecule has 0 aliphatic heterocycles. The highest BCUT2D eigenvalue weighted by Crippen LogP contribution is 2.22. The minimum atomic E-state index is -3.60. The molecule has 0 spiro atoms. The zero-order chi connectivity index (χ0) is 17.2. The Hall–Kier alpha value is -2.40. The summed E-state index contributed by atoms with van der Waals surface area (Å²) < 4.78 is 27.9. The molecule has 0 aliphatic rings. The number of hydrogen-bond donors (Lipinski definition) is 1. The van der Waals surface area contributed by atoms with E-state index in [9.17, 15) is 8.42 Å². The van der Waals surface area contributed by atoms with Gasteiger partial charge < -0.3 is 0 Å². The number of fused-ring (bicyclic) bond motifs is 1. The highest BCUT2D eigenvalue weighted by Gasteiger charge is 2.14. The molecule has 24 heavy (non-hydrogen) atoms. The van der Waals surface area contributed by atoms with Crippen LogP contribution in [0.4, 0.5) is 5.69 Å². The van der Waals surface area contributed by atoms with Crippen molar-refractivity contribution >= 4 is 26.6 Å². The van der Waals surface area contributed by atoms with Gasteiger partial charge in [0, 0.05) is 16.8 Å². The van der Waals surface area contributed by atoms with Crippen LogP contribution in [0, 0.1) is 6.92 Å². The summed E-state index contributed by atoms with van der Waals surface area (Å²) in [5.74, 6) is 0. The Morgan fingerprint density at radius 1 is 1.04 bits per heavy atom. The molecule has 3 rings (SSSR count). The van der Waals surface area contributed by atoms with Crippen LogP contribution in [0.1, 0.15) is 24.6 Å². The molecule has 0 bridgehead atoms. The van der Waals surface area contributed by atoms with E-state index in [2.05, 4.69) is 16.6 Å². The second kappa shape index (κ2) is 6.61. The number of hydrogen-bond acceptors (Lipinski definition) is 3. The smallest absolute Gasteiger partial charge is 0.261 e. The van der Waals surface area contributed by atoms with Crippen molar-refractivity contribution < 1.29 is 8.42 Å². The van der Waals surface area contributed by atoms with Crippen LogP contribution in [-0.2, 0) is 16.4 Å². The number of nitrogens with zero attached hydrogens (tertiary/aromatic N) is 1. The lowest BCUT2D eigenvalue weighted by Gasteiger charge is -2.10. The van der Waals surface area contributed by atoms with Gasteiger partial charge in [0.05, 0.1) is 10.4 Å². The van der Waals surface area contributed by atoms with Crippen LogP contribution in [0.2, 0.25) is 0 Å². The van der Waals surface area contributed by atoms with Gasteiger partial charge in [0.1, 0.15) is 0 Å². The van der Waals surface area contributed by atoms with Gasteiger partial charge in [-0.25, -0.2) is 8.42 Å². The summed E-state index contributed by atoms with van der Waals surface area (Å²) in [6, 6.07) is 16.3. The summed E-state index contributed by atoms with van der Waals surface area (Å²) in [5, 5.41) is 0.903. The summed E-state index contributed by atoms with van der Waals surface area (Å²) in [6.45, 7) is 4.00. The molecule has 2 aromatic carbocycles. The molecule has 0 unspecified atom stereocenters. The summed E-state index contributed by atoms with van der Waals surface area (Å²) >= 11 is 0. The topological polar surface area (TPSA) is 59.1 Å². The van der Waals surface area contributed by atoms with E-state index < -0.39 is 10.0 Å². The van der Waals surface area contributed by atoms with Crippen LogP contribution in [0.3, 0.4) is 0 Å². The monoisotopic (exact) mass is 340 g/mol. The van der Waals surface area contributed by atoms with Crippen molar-refractivity contribution in [2.24, 2.45) is 0 Å². The van der Waals surface area contributed by atoms with E-state index in [1.165, 1.54) is 0 Å². The molecule has 4 nitrogen and oxygen atoms in total. The third kappa shape index (κ3) is 3.57. The molecular formula is C19H20N2O2S. The summed E-state index contributed by atoms with van der Waals surface area (Å²) in [6.07, 6.45) is 1.85. The highest BCUT2D eigenvalue weighted by molar-refractivity contribution is 7.92. The minimum Gasteiger partial charge on any atom is -0.280 e. The first-order valence-electron chi connectivity index (χ1n) is 7.97. The average Bonchev–Trinajstić information content (AvgIpc) is 2.55. The first kappa shape index (κ1) is 16.5. The fourth-order valence-corrected chi connectivity index (χ4v) is 3.78. The van der Waals surface area contributed by atoms with Crippen molar-refractivity contribution in [1.82, 2.24) is 4.98 Å². The van der Waals surface area contributed by atoms with Gasteiger partial charge in [-0.1, -0.05) is 31.5 Å². The molecule has 124 valence electrons. The molecule has 0 amide bonds. The molecule has 1 N–H and O–H groups in total. The maximum Gasteiger partial charge on any atom is 0.261 e. The lowest BCUT2D eigenvalue weighted by Crippen LogP contribution is -2.13. The predicted octanol–water partition coefficient (Wildman–Crippen LogP) is 4.30. The van der Waals surface area contributed by atoms with E-state index in [-0.39, 0.29) is 4.90 Å². The Kier molecular flexibility index (Phi) is 4.53. The third-order valence-corrected chi connectivity index (χ3v) is 5.21. The zero-order valence-electron chi connectivity index (χ0n) is 13.8. The lowest BCUT2D eigenvalue weighted by atomic mass is 10.1. The molecule has 0 atom stereocenters. The van der Waals surface area contributed by atoms with Crippen molar-refractivity contribution in [1.29, 1.82) is 0 Å². The van der Waals surface area contributed by atoms with Gasteiger partial charge in [-0.2, -0.15) is 0 Å². The van der Waals surface area contributed by atoms with Crippen molar-refractivity contribution in [3.05, 3.63) is 65.9 Å². The molecule has 5 heteroatoms. The van der Waals surface area contributed by atoms with E-state index in [4.69, 9.17) is 0 Å². The molecule has 3 aromatic rings. The maximum atomic E-state index is 12.6. The Morgan fingerprint density at radius 3 is 2.67 bits per heavy atom. The maximum absolute atomic E-state index is 12.6. The van der Waals surface area contributed by atoms with Gasteiger partial charge in [-0.15, -0.1) is 0 Å². The standard InChI is InChI=1S/C19H20N2O2S/c1-3-5-15-6-4-7-18(12-15)24(22,23)21-17-10-11-19-16(13-17)9-8-14(2)20-19/h4,6-13,21H,3,5H2,1-2H3. The van der Waals surface area contributed by atoms with Gasteiger partial charge in [0.15, 0.2) is 0 Å². The van der Waals surface area contributed by atoms with E-state index in [1.807, 2.05) is 31.2 Å². The molecule has 0 saturated heterocycles. The quantitative estimate of drug-likeness (QED) is 0.753. The molecule has 1 heterocycles. The Bertz CT molecular complexity index is 982. The van der Waals surface area contributed by atoms with Crippen LogP contribution in [-0.4, -0.2) is 13.4 Å². The second-order valence-electron chi connectivity index (χ2n) is 5.86. The van der Waals surface area contributed by atoms with Gasteiger partial charge >= 0.3 is 0 Å². The first-order valence-corrected chi connectivity index (χ1v) is 9.45. The molecule has 0 saturated carbocycles. The van der Waals surface area contributed by atoms with Gasteiger partial charge in [0.25, 0.3) is 10.0 Å². The van der Waals surface area contributed by atoms with Crippen LogP contribution in [0.15, 0.2) is 59.5 Å². The summed E-state index contributed by atoms with van der Waals surface area (Å²) in [7, 11) is -3.60. The Morgan fingerprint density at radius 2 is 1.88 bits per heavy atom. The van der Waals surface area contributed by atoms with Gasteiger partial charge in [-0.3, -0.25) is 9.71 Å². The molecule has 1 aromatic heterocycles. The van der Waals surface area contributed by atoms with Crippen LogP contribution in [0.25, 0.3) is 10.9 Å². The van der Waals surface area contributed by atoms with Crippen LogP contribution in [0.5, 0.6) is 0 Å². The molecule has 0 aliphatic carbocycles. The summed E-state index contributed by atoms with van der Waals surface area (Å²) in [4.78, 5) is 4.71. The predicted molar refractivity (Wildman–Crippen MR) is 97.7 cm³/mol. The lowest BCUT2D eigenvalue weighted by molar-refractivity contribution is 0.601. The van der Waals surface area contributed by atoms with Crippen molar-refractivity contribution in [3.63, 3.8) is 0 Å². The number of pyridine rings is 1. The Labute approximate surface area is 142 Å². The van der Waals surface area contributed by atoms with Crippen molar-refractivity contribution in [3.8, 4) is 0 Å². The number of benzene rings is 2. The zero-order valence-corrected chi connectivity index (χ0v) is 14.6. The fraction of sp³-hybridized carbons (Fsp3) is 0.211. The molecule has 0 fully saturated rings. The highest BCUT2D eigenvalue weighted by atomic mass is 32.2. The normalized spacial score (nSPS) is 11.6. The third-order valence-electron chi connectivity index (χ3n) is 3.83. The fourth-order valence-electron chi connectivity index (χ4n) is 2.66. The Balaban J connectivity index is 1.91. The summed E-state index contributed by atoms with van der Waals surface area (Å²) in [5.41, 5.74) is 3.35. The van der Waals surface area contributed by atoms with E-state index >= 15 is 0 Å². The van der Waals surface area contributed by atoms with E-state index in [0.717, 1.165) is 35.0 Å². The average molecular weight is 340 g/mol. The molecule has 0 radical (unpaired) electrons. The van der Waals surface area contributed by atoms with Gasteiger partial charge in [0.2, 0.25) is 0 Å². The second-order valence-corrected chi connectivity index (χ2v) is 7.55. The number of nitrogens with one attached hydrogen (secondary N) is 1. The SMILES string of the molecule is CCCc1cccc(S(=O)(=O)Nc2ccc3nc(C)ccc3c2)c1. The number of aryl methyl sites for hydroxylation is 2. The largest absolute Gasteiger partial charge is 0.280 e.